The molecule has 0 radical (unpaired) electrons. The van der Waals surface area contributed by atoms with E-state index in [4.69, 9.17) is 23.2 Å². The summed E-state index contributed by atoms with van der Waals surface area (Å²) in [6, 6.07) is 15.2. The van der Waals surface area contributed by atoms with E-state index >= 15 is 0 Å². The molecule has 140 valence electrons. The van der Waals surface area contributed by atoms with E-state index in [1.54, 1.807) is 42.5 Å². The highest BCUT2D eigenvalue weighted by molar-refractivity contribution is 9.10. The fraction of sp³-hybridized carbons (Fsp3) is 0.158. The van der Waals surface area contributed by atoms with Gasteiger partial charge in [-0.15, -0.1) is 0 Å². The van der Waals surface area contributed by atoms with Crippen LogP contribution in [0.15, 0.2) is 70.2 Å². The van der Waals surface area contributed by atoms with E-state index in [-0.39, 0.29) is 4.90 Å². The molecule has 2 heterocycles. The molecule has 0 aliphatic carbocycles. The second kappa shape index (κ2) is 7.26. The van der Waals surface area contributed by atoms with Crippen LogP contribution >= 0.6 is 39.1 Å². The molecule has 1 unspecified atom stereocenters. The summed E-state index contributed by atoms with van der Waals surface area (Å²) in [6.45, 7) is 0.934. The van der Waals surface area contributed by atoms with E-state index in [0.717, 1.165) is 10.2 Å². The molecule has 0 bridgehead atoms. The molecule has 4 nitrogen and oxygen atoms in total. The normalized spacial score (nSPS) is 17.7. The molecule has 0 saturated heterocycles. The number of fused-ring (bicyclic) bond motifs is 1. The van der Waals surface area contributed by atoms with Crippen LogP contribution in [0.25, 0.3) is 0 Å². The highest BCUT2D eigenvalue weighted by atomic mass is 79.9. The summed E-state index contributed by atoms with van der Waals surface area (Å²) in [7, 11) is -3.72. The van der Waals surface area contributed by atoms with Crippen molar-refractivity contribution in [1.82, 2.24) is 8.87 Å². The van der Waals surface area contributed by atoms with Crippen LogP contribution in [0.1, 0.15) is 17.3 Å². The lowest BCUT2D eigenvalue weighted by molar-refractivity contribution is 0.298. The van der Waals surface area contributed by atoms with Crippen molar-refractivity contribution in [2.45, 2.75) is 17.5 Å². The van der Waals surface area contributed by atoms with Crippen LogP contribution in [0.4, 0.5) is 0 Å². The standard InChI is InChI=1S/C19H15BrCl2N2O2S/c20-13-3-6-15(7-4-13)27(25,26)24-11-10-23-9-1-2-18(23)19(24)16-8-5-14(21)12-17(16)22/h1-9,12,19H,10-11H2. The van der Waals surface area contributed by atoms with Gasteiger partial charge in [0.05, 0.1) is 10.9 Å². The van der Waals surface area contributed by atoms with Crippen LogP contribution in [0.5, 0.6) is 0 Å². The summed E-state index contributed by atoms with van der Waals surface area (Å²) in [6.07, 6.45) is 1.95. The van der Waals surface area contributed by atoms with Gasteiger partial charge in [-0.25, -0.2) is 8.42 Å². The van der Waals surface area contributed by atoms with Gasteiger partial charge in [-0.2, -0.15) is 4.31 Å². The first-order chi connectivity index (χ1) is 12.9. The molecule has 0 saturated carbocycles. The van der Waals surface area contributed by atoms with E-state index in [1.165, 1.54) is 4.31 Å². The minimum absolute atomic E-state index is 0.251. The first kappa shape index (κ1) is 19.0. The summed E-state index contributed by atoms with van der Waals surface area (Å²) in [5, 5.41) is 0.954. The number of nitrogens with zero attached hydrogens (tertiary/aromatic N) is 2. The maximum Gasteiger partial charge on any atom is 0.244 e. The van der Waals surface area contributed by atoms with Crippen LogP contribution in [0.3, 0.4) is 0 Å². The van der Waals surface area contributed by atoms with Crippen LogP contribution in [0, 0.1) is 0 Å². The fourth-order valence-corrected chi connectivity index (χ4v) is 5.75. The molecule has 0 spiro atoms. The molecule has 4 rings (SSSR count). The van der Waals surface area contributed by atoms with Crippen LogP contribution in [-0.2, 0) is 16.6 Å². The minimum Gasteiger partial charge on any atom is -0.348 e. The van der Waals surface area contributed by atoms with Crippen molar-refractivity contribution in [2.24, 2.45) is 0 Å². The SMILES string of the molecule is O=S(=O)(c1ccc(Br)cc1)N1CCn2cccc2C1c1ccc(Cl)cc1Cl. The highest BCUT2D eigenvalue weighted by Crippen LogP contribution is 2.40. The maximum absolute atomic E-state index is 13.4. The third-order valence-corrected chi connectivity index (χ3v) is 7.64. The molecule has 0 amide bonds. The summed E-state index contributed by atoms with van der Waals surface area (Å²) in [4.78, 5) is 0.251. The molecule has 27 heavy (non-hydrogen) atoms. The average Bonchev–Trinajstić information content (AvgIpc) is 3.10. The van der Waals surface area contributed by atoms with Gasteiger partial charge in [0.15, 0.2) is 0 Å². The Bertz CT molecular complexity index is 1100. The van der Waals surface area contributed by atoms with Crippen molar-refractivity contribution in [2.75, 3.05) is 6.54 Å². The lowest BCUT2D eigenvalue weighted by atomic mass is 10.0. The molecule has 2 aromatic carbocycles. The Labute approximate surface area is 176 Å². The topological polar surface area (TPSA) is 42.3 Å². The Balaban J connectivity index is 1.87. The van der Waals surface area contributed by atoms with Gasteiger partial charge in [0.25, 0.3) is 0 Å². The quantitative estimate of drug-likeness (QED) is 0.501. The molecular weight excluding hydrogens is 471 g/mol. The smallest absolute Gasteiger partial charge is 0.244 e. The number of hydrogen-bond donors (Lipinski definition) is 0. The largest absolute Gasteiger partial charge is 0.348 e. The first-order valence-electron chi connectivity index (χ1n) is 8.25. The van der Waals surface area contributed by atoms with E-state index < -0.39 is 16.1 Å². The predicted molar refractivity (Wildman–Crippen MR) is 111 cm³/mol. The third kappa shape index (κ3) is 3.45. The molecule has 1 aliphatic heterocycles. The van der Waals surface area contributed by atoms with Gasteiger partial charge in [-0.3, -0.25) is 0 Å². The van der Waals surface area contributed by atoms with E-state index in [0.29, 0.717) is 28.7 Å². The van der Waals surface area contributed by atoms with E-state index in [1.807, 2.05) is 18.3 Å². The van der Waals surface area contributed by atoms with Gasteiger partial charge in [0, 0.05) is 39.5 Å². The summed E-state index contributed by atoms with van der Waals surface area (Å²) in [5.41, 5.74) is 1.59. The molecule has 0 fully saturated rings. The zero-order valence-corrected chi connectivity index (χ0v) is 17.9. The Hall–Kier alpha value is -1.31. The Morgan fingerprint density at radius 3 is 2.44 bits per heavy atom. The molecule has 3 aromatic rings. The zero-order chi connectivity index (χ0) is 19.2. The van der Waals surface area contributed by atoms with E-state index in [2.05, 4.69) is 20.5 Å². The summed E-state index contributed by atoms with van der Waals surface area (Å²) >= 11 is 15.9. The van der Waals surface area contributed by atoms with Gasteiger partial charge in [-0.1, -0.05) is 45.2 Å². The van der Waals surface area contributed by atoms with Crippen molar-refractivity contribution in [3.63, 3.8) is 0 Å². The lowest BCUT2D eigenvalue weighted by Gasteiger charge is -2.36. The number of halogens is 3. The van der Waals surface area contributed by atoms with Crippen molar-refractivity contribution >= 4 is 49.2 Å². The molecule has 8 heteroatoms. The second-order valence-corrected chi connectivity index (χ2v) is 9.91. The van der Waals surface area contributed by atoms with Gasteiger partial charge < -0.3 is 4.57 Å². The third-order valence-electron chi connectivity index (χ3n) is 4.67. The Morgan fingerprint density at radius 1 is 1.00 bits per heavy atom. The molecule has 1 atom stereocenters. The number of benzene rings is 2. The number of rotatable bonds is 3. The van der Waals surface area contributed by atoms with Crippen molar-refractivity contribution in [3.05, 3.63) is 86.6 Å². The number of hydrogen-bond acceptors (Lipinski definition) is 2. The van der Waals surface area contributed by atoms with Crippen LogP contribution < -0.4 is 0 Å². The highest BCUT2D eigenvalue weighted by Gasteiger charge is 2.38. The van der Waals surface area contributed by atoms with Crippen LogP contribution in [0.2, 0.25) is 10.0 Å². The first-order valence-corrected chi connectivity index (χ1v) is 11.2. The lowest BCUT2D eigenvalue weighted by Crippen LogP contribution is -2.42. The Kier molecular flexibility index (Phi) is 5.12. The number of sulfonamides is 1. The van der Waals surface area contributed by atoms with Gasteiger partial charge in [0.2, 0.25) is 10.0 Å². The molecule has 0 N–H and O–H groups in total. The predicted octanol–water partition coefficient (Wildman–Crippen LogP) is 5.35. The summed E-state index contributed by atoms with van der Waals surface area (Å²) in [5.74, 6) is 0. The number of aromatic nitrogens is 1. The molecule has 1 aliphatic rings. The van der Waals surface area contributed by atoms with Crippen molar-refractivity contribution in [1.29, 1.82) is 0 Å². The fourth-order valence-electron chi connectivity index (χ4n) is 3.40. The van der Waals surface area contributed by atoms with Crippen LogP contribution in [-0.4, -0.2) is 23.8 Å². The summed E-state index contributed by atoms with van der Waals surface area (Å²) < 4.78 is 31.2. The molecular formula is C19H15BrCl2N2O2S. The van der Waals surface area contributed by atoms with Crippen molar-refractivity contribution in [3.8, 4) is 0 Å². The van der Waals surface area contributed by atoms with E-state index in [9.17, 15) is 8.42 Å². The van der Waals surface area contributed by atoms with Gasteiger partial charge in [0.1, 0.15) is 0 Å². The minimum atomic E-state index is -3.72. The zero-order valence-electron chi connectivity index (χ0n) is 14.0. The maximum atomic E-state index is 13.4. The van der Waals surface area contributed by atoms with Crippen molar-refractivity contribution < 1.29 is 8.42 Å². The van der Waals surface area contributed by atoms with Gasteiger partial charge >= 0.3 is 0 Å². The van der Waals surface area contributed by atoms with Gasteiger partial charge in [-0.05, 0) is 54.1 Å². The monoisotopic (exact) mass is 484 g/mol. The average molecular weight is 486 g/mol. The second-order valence-electron chi connectivity index (χ2n) is 6.26. The Morgan fingerprint density at radius 2 is 1.74 bits per heavy atom. The molecule has 1 aromatic heterocycles.